The lowest BCUT2D eigenvalue weighted by molar-refractivity contribution is -0.152. The van der Waals surface area contributed by atoms with Gasteiger partial charge in [-0.3, -0.25) is 9.59 Å². The van der Waals surface area contributed by atoms with Crippen LogP contribution >= 0.6 is 0 Å². The number of aryl methyl sites for hydroxylation is 1. The second-order valence-corrected chi connectivity index (χ2v) is 6.53. The van der Waals surface area contributed by atoms with Crippen molar-refractivity contribution in [2.45, 2.75) is 51.1 Å². The van der Waals surface area contributed by atoms with E-state index in [1.165, 1.54) is 12.1 Å². The molecule has 0 N–H and O–H groups in total. The molecule has 5 heteroatoms. The van der Waals surface area contributed by atoms with Crippen LogP contribution < -0.4 is 0 Å². The number of fused-ring (bicyclic) bond motifs is 1. The lowest BCUT2D eigenvalue weighted by Crippen LogP contribution is -2.60. The van der Waals surface area contributed by atoms with Gasteiger partial charge in [-0.25, -0.2) is 4.39 Å². The zero-order valence-corrected chi connectivity index (χ0v) is 13.5. The smallest absolute Gasteiger partial charge is 0.245 e. The van der Waals surface area contributed by atoms with Crippen molar-refractivity contribution in [3.63, 3.8) is 0 Å². The van der Waals surface area contributed by atoms with Gasteiger partial charge >= 0.3 is 0 Å². The minimum absolute atomic E-state index is 0.0551. The maximum atomic E-state index is 12.9. The summed E-state index contributed by atoms with van der Waals surface area (Å²) < 4.78 is 12.9. The van der Waals surface area contributed by atoms with E-state index in [1.807, 2.05) is 11.8 Å². The minimum atomic E-state index is -0.345. The molecule has 0 bridgehead atoms. The first-order valence-electron chi connectivity index (χ1n) is 8.40. The van der Waals surface area contributed by atoms with E-state index in [4.69, 9.17) is 0 Å². The fourth-order valence-electron chi connectivity index (χ4n) is 3.63. The molecule has 2 fully saturated rings. The zero-order valence-electron chi connectivity index (χ0n) is 13.5. The van der Waals surface area contributed by atoms with Crippen molar-refractivity contribution in [1.29, 1.82) is 0 Å². The third-order valence-corrected chi connectivity index (χ3v) is 4.98. The van der Waals surface area contributed by atoms with Crippen LogP contribution in [0.15, 0.2) is 24.3 Å². The van der Waals surface area contributed by atoms with Crippen molar-refractivity contribution in [1.82, 2.24) is 9.80 Å². The van der Waals surface area contributed by atoms with Gasteiger partial charge in [-0.2, -0.15) is 0 Å². The molecule has 124 valence electrons. The second kappa shape index (κ2) is 6.69. The first-order valence-corrected chi connectivity index (χ1v) is 8.40. The summed E-state index contributed by atoms with van der Waals surface area (Å²) in [6.45, 7) is 3.33. The number of hydrogen-bond donors (Lipinski definition) is 0. The number of piperazine rings is 1. The Morgan fingerprint density at radius 2 is 2.04 bits per heavy atom. The van der Waals surface area contributed by atoms with E-state index in [0.717, 1.165) is 37.8 Å². The van der Waals surface area contributed by atoms with E-state index in [1.54, 1.807) is 17.0 Å². The highest BCUT2D eigenvalue weighted by Crippen LogP contribution is 2.26. The number of halogens is 1. The van der Waals surface area contributed by atoms with Crippen molar-refractivity contribution < 1.29 is 14.0 Å². The Bertz CT molecular complexity index is 587. The summed E-state index contributed by atoms with van der Waals surface area (Å²) in [6, 6.07) is 6.25. The molecule has 4 nitrogen and oxygen atoms in total. The van der Waals surface area contributed by atoms with Gasteiger partial charge in [0.05, 0.1) is 0 Å². The average molecular weight is 318 g/mol. The van der Waals surface area contributed by atoms with Gasteiger partial charge in [0.1, 0.15) is 11.9 Å². The highest BCUT2D eigenvalue weighted by atomic mass is 19.1. The van der Waals surface area contributed by atoms with E-state index in [-0.39, 0.29) is 29.7 Å². The van der Waals surface area contributed by atoms with Crippen molar-refractivity contribution in [2.75, 3.05) is 13.1 Å². The van der Waals surface area contributed by atoms with E-state index in [9.17, 15) is 14.0 Å². The monoisotopic (exact) mass is 318 g/mol. The highest BCUT2D eigenvalue weighted by Gasteiger charge is 2.41. The normalized spacial score (nSPS) is 24.0. The van der Waals surface area contributed by atoms with Crippen LogP contribution in [0.4, 0.5) is 4.39 Å². The molecular formula is C18H23FN2O2. The summed E-state index contributed by atoms with van der Waals surface area (Å²) in [6.07, 6.45) is 3.93. The van der Waals surface area contributed by atoms with Crippen LogP contribution in [0.3, 0.4) is 0 Å². The molecule has 23 heavy (non-hydrogen) atoms. The SMILES string of the molecule is C[C@H]1C(=O)N2CCC[C@H]2CN1C(=O)CCCc1ccc(F)cc1. The zero-order chi connectivity index (χ0) is 16.4. The molecule has 2 saturated heterocycles. The number of carbonyl (C=O) groups is 2. The Kier molecular flexibility index (Phi) is 4.64. The van der Waals surface area contributed by atoms with Gasteiger partial charge in [-0.05, 0) is 50.3 Å². The summed E-state index contributed by atoms with van der Waals surface area (Å²) in [5, 5.41) is 0. The van der Waals surface area contributed by atoms with Crippen LogP contribution in [0, 0.1) is 5.82 Å². The van der Waals surface area contributed by atoms with Crippen LogP contribution in [0.1, 0.15) is 38.2 Å². The molecule has 2 aliphatic heterocycles. The molecule has 1 aromatic carbocycles. The Morgan fingerprint density at radius 1 is 1.30 bits per heavy atom. The summed E-state index contributed by atoms with van der Waals surface area (Å²) in [7, 11) is 0. The standard InChI is InChI=1S/C18H23FN2O2/c1-13-18(23)20-11-3-5-16(20)12-21(13)17(22)6-2-4-14-7-9-15(19)10-8-14/h7-10,13,16H,2-6,11-12H2,1H3/t13-,16-/m0/s1. The minimum Gasteiger partial charge on any atom is -0.336 e. The number of carbonyl (C=O) groups excluding carboxylic acids is 2. The molecule has 3 rings (SSSR count). The number of benzene rings is 1. The molecule has 2 atom stereocenters. The molecule has 2 amide bonds. The van der Waals surface area contributed by atoms with Crippen molar-refractivity contribution in [3.05, 3.63) is 35.6 Å². The van der Waals surface area contributed by atoms with Crippen LogP contribution in [-0.4, -0.2) is 46.8 Å². The number of amides is 2. The van der Waals surface area contributed by atoms with Gasteiger partial charge in [0.15, 0.2) is 0 Å². The molecular weight excluding hydrogens is 295 g/mol. The third kappa shape index (κ3) is 3.38. The van der Waals surface area contributed by atoms with Crippen molar-refractivity contribution >= 4 is 11.8 Å². The van der Waals surface area contributed by atoms with Gasteiger partial charge in [-0.1, -0.05) is 12.1 Å². The van der Waals surface area contributed by atoms with Gasteiger partial charge in [-0.15, -0.1) is 0 Å². The second-order valence-electron chi connectivity index (χ2n) is 6.53. The fourth-order valence-corrected chi connectivity index (χ4v) is 3.63. The molecule has 0 radical (unpaired) electrons. The molecule has 2 aliphatic rings. The number of hydrogen-bond acceptors (Lipinski definition) is 2. The van der Waals surface area contributed by atoms with Crippen LogP contribution in [0.25, 0.3) is 0 Å². The van der Waals surface area contributed by atoms with Crippen LogP contribution in [0.2, 0.25) is 0 Å². The quantitative estimate of drug-likeness (QED) is 0.855. The molecule has 2 heterocycles. The molecule has 0 spiro atoms. The van der Waals surface area contributed by atoms with E-state index in [2.05, 4.69) is 0 Å². The van der Waals surface area contributed by atoms with Crippen molar-refractivity contribution in [3.8, 4) is 0 Å². The molecule has 1 aromatic rings. The van der Waals surface area contributed by atoms with Crippen LogP contribution in [-0.2, 0) is 16.0 Å². The number of nitrogens with zero attached hydrogens (tertiary/aromatic N) is 2. The Balaban J connectivity index is 1.53. The predicted molar refractivity (Wildman–Crippen MR) is 85.2 cm³/mol. The summed E-state index contributed by atoms with van der Waals surface area (Å²) >= 11 is 0. The van der Waals surface area contributed by atoms with Gasteiger partial charge < -0.3 is 9.80 Å². The fraction of sp³-hybridized carbons (Fsp3) is 0.556. The Morgan fingerprint density at radius 3 is 2.78 bits per heavy atom. The van der Waals surface area contributed by atoms with Crippen molar-refractivity contribution in [2.24, 2.45) is 0 Å². The van der Waals surface area contributed by atoms with Gasteiger partial charge in [0.2, 0.25) is 11.8 Å². The largest absolute Gasteiger partial charge is 0.336 e. The first-order chi connectivity index (χ1) is 11.1. The topological polar surface area (TPSA) is 40.6 Å². The Hall–Kier alpha value is -1.91. The summed E-state index contributed by atoms with van der Waals surface area (Å²) in [5.74, 6) is -0.100. The molecule has 0 aromatic heterocycles. The summed E-state index contributed by atoms with van der Waals surface area (Å²) in [4.78, 5) is 28.5. The molecule has 0 saturated carbocycles. The molecule has 0 unspecified atom stereocenters. The lowest BCUT2D eigenvalue weighted by atomic mass is 10.0. The first kappa shape index (κ1) is 16.0. The lowest BCUT2D eigenvalue weighted by Gasteiger charge is -2.41. The van der Waals surface area contributed by atoms with E-state index in [0.29, 0.717) is 13.0 Å². The summed E-state index contributed by atoms with van der Waals surface area (Å²) in [5.41, 5.74) is 1.03. The van der Waals surface area contributed by atoms with Gasteiger partial charge in [0.25, 0.3) is 0 Å². The predicted octanol–water partition coefficient (Wildman–Crippen LogP) is 2.37. The molecule has 0 aliphatic carbocycles. The maximum absolute atomic E-state index is 12.9. The highest BCUT2D eigenvalue weighted by molar-refractivity contribution is 5.89. The van der Waals surface area contributed by atoms with E-state index < -0.39 is 0 Å². The number of rotatable bonds is 4. The third-order valence-electron chi connectivity index (χ3n) is 4.98. The average Bonchev–Trinajstić information content (AvgIpc) is 3.01. The maximum Gasteiger partial charge on any atom is 0.245 e. The Labute approximate surface area is 136 Å². The van der Waals surface area contributed by atoms with Gasteiger partial charge in [0, 0.05) is 25.6 Å². The van der Waals surface area contributed by atoms with E-state index >= 15 is 0 Å². The van der Waals surface area contributed by atoms with Crippen LogP contribution in [0.5, 0.6) is 0 Å².